The number of nitrogens with zero attached hydrogens (tertiary/aromatic N) is 3. The molecule has 2 heterocycles. The van der Waals surface area contributed by atoms with Crippen LogP contribution in [-0.4, -0.2) is 44.3 Å². The summed E-state index contributed by atoms with van der Waals surface area (Å²) in [7, 11) is 1.80. The third-order valence-corrected chi connectivity index (χ3v) is 4.19. The predicted molar refractivity (Wildman–Crippen MR) is 73.2 cm³/mol. The third kappa shape index (κ3) is 2.69. The monoisotopic (exact) mass is 279 g/mol. The molecule has 6 nitrogen and oxygen atoms in total. The minimum absolute atomic E-state index is 0.0212. The molecule has 0 saturated carbocycles. The molecule has 1 aliphatic heterocycles. The first-order chi connectivity index (χ1) is 9.41. The molecule has 0 bridgehead atoms. The van der Waals surface area contributed by atoms with Crippen LogP contribution in [-0.2, 0) is 16.6 Å². The van der Waals surface area contributed by atoms with Gasteiger partial charge in [0.05, 0.1) is 17.5 Å². The fraction of sp³-hybridized carbons (Fsp3) is 0.643. The number of hydrogen-bond acceptors (Lipinski definition) is 3. The number of likely N-dealkylation sites (tertiary alicyclic amines) is 1. The van der Waals surface area contributed by atoms with Gasteiger partial charge in [0.25, 0.3) is 0 Å². The molecular weight excluding hydrogens is 258 g/mol. The summed E-state index contributed by atoms with van der Waals surface area (Å²) < 4.78 is 1.69. The van der Waals surface area contributed by atoms with Crippen molar-refractivity contribution in [2.24, 2.45) is 13.0 Å². The standard InChI is InChI=1S/C14H21N3O3/c1-9-4-5-11(14(19)20)8-17(9)13(18)10(2)12-6-7-15-16(12)3/h6-7,9-11H,4-5,8H2,1-3H3,(H,19,20). The highest BCUT2D eigenvalue weighted by Gasteiger charge is 2.35. The van der Waals surface area contributed by atoms with E-state index in [-0.39, 0.29) is 17.9 Å². The molecular formula is C14H21N3O3. The van der Waals surface area contributed by atoms with Crippen molar-refractivity contribution >= 4 is 11.9 Å². The second kappa shape index (κ2) is 5.64. The van der Waals surface area contributed by atoms with Gasteiger partial charge in [0, 0.05) is 25.8 Å². The highest BCUT2D eigenvalue weighted by molar-refractivity contribution is 5.84. The summed E-state index contributed by atoms with van der Waals surface area (Å²) >= 11 is 0. The highest BCUT2D eigenvalue weighted by Crippen LogP contribution is 2.26. The first-order valence-corrected chi connectivity index (χ1v) is 6.93. The van der Waals surface area contributed by atoms with Gasteiger partial charge in [-0.05, 0) is 32.8 Å². The Morgan fingerprint density at radius 3 is 2.70 bits per heavy atom. The fourth-order valence-corrected chi connectivity index (χ4v) is 2.80. The largest absolute Gasteiger partial charge is 0.481 e. The number of carbonyl (C=O) groups excluding carboxylic acids is 1. The SMILES string of the molecule is CC(C(=O)N1CC(C(=O)O)CCC1C)c1ccnn1C. The van der Waals surface area contributed by atoms with Gasteiger partial charge in [-0.1, -0.05) is 0 Å². The Hall–Kier alpha value is -1.85. The molecule has 110 valence electrons. The first kappa shape index (κ1) is 14.6. The fourth-order valence-electron chi connectivity index (χ4n) is 2.80. The molecule has 1 N–H and O–H groups in total. The Kier molecular flexibility index (Phi) is 4.11. The number of rotatable bonds is 3. The van der Waals surface area contributed by atoms with Gasteiger partial charge in [0.15, 0.2) is 0 Å². The number of hydrogen-bond donors (Lipinski definition) is 1. The number of aliphatic carboxylic acids is 1. The maximum atomic E-state index is 12.6. The van der Waals surface area contributed by atoms with Gasteiger partial charge in [-0.15, -0.1) is 0 Å². The topological polar surface area (TPSA) is 75.4 Å². The van der Waals surface area contributed by atoms with Gasteiger partial charge in [0.2, 0.25) is 5.91 Å². The van der Waals surface area contributed by atoms with E-state index in [1.54, 1.807) is 22.8 Å². The lowest BCUT2D eigenvalue weighted by Crippen LogP contribution is -2.48. The van der Waals surface area contributed by atoms with Crippen molar-refractivity contribution in [3.8, 4) is 0 Å². The van der Waals surface area contributed by atoms with E-state index in [0.29, 0.717) is 13.0 Å². The van der Waals surface area contributed by atoms with Crippen LogP contribution in [0, 0.1) is 5.92 Å². The van der Waals surface area contributed by atoms with Crippen LogP contribution in [0.15, 0.2) is 12.3 Å². The van der Waals surface area contributed by atoms with Gasteiger partial charge in [0.1, 0.15) is 0 Å². The average Bonchev–Trinajstić information content (AvgIpc) is 2.83. The minimum Gasteiger partial charge on any atom is -0.481 e. The molecule has 1 aliphatic rings. The Bertz CT molecular complexity index is 512. The molecule has 1 aromatic rings. The summed E-state index contributed by atoms with van der Waals surface area (Å²) in [5, 5.41) is 13.2. The molecule has 0 radical (unpaired) electrons. The molecule has 0 aromatic carbocycles. The quantitative estimate of drug-likeness (QED) is 0.903. The van der Waals surface area contributed by atoms with E-state index in [2.05, 4.69) is 5.10 Å². The van der Waals surface area contributed by atoms with Crippen LogP contribution in [0.3, 0.4) is 0 Å². The van der Waals surface area contributed by atoms with Crippen LogP contribution in [0.2, 0.25) is 0 Å². The predicted octanol–water partition coefficient (Wildman–Crippen LogP) is 1.24. The van der Waals surface area contributed by atoms with Crippen molar-refractivity contribution in [3.63, 3.8) is 0 Å². The summed E-state index contributed by atoms with van der Waals surface area (Å²) in [6.07, 6.45) is 3.04. The molecule has 0 aliphatic carbocycles. The van der Waals surface area contributed by atoms with E-state index in [1.807, 2.05) is 19.9 Å². The zero-order chi connectivity index (χ0) is 14.9. The average molecular weight is 279 g/mol. The van der Waals surface area contributed by atoms with Gasteiger partial charge < -0.3 is 10.0 Å². The lowest BCUT2D eigenvalue weighted by atomic mass is 9.92. The molecule has 1 amide bonds. The van der Waals surface area contributed by atoms with E-state index < -0.39 is 11.9 Å². The Morgan fingerprint density at radius 2 is 2.15 bits per heavy atom. The molecule has 1 fully saturated rings. The number of aromatic nitrogens is 2. The lowest BCUT2D eigenvalue weighted by Gasteiger charge is -2.38. The Labute approximate surface area is 118 Å². The maximum absolute atomic E-state index is 12.6. The zero-order valence-corrected chi connectivity index (χ0v) is 12.1. The third-order valence-electron chi connectivity index (χ3n) is 4.19. The van der Waals surface area contributed by atoms with Crippen molar-refractivity contribution < 1.29 is 14.7 Å². The van der Waals surface area contributed by atoms with Crippen molar-refractivity contribution in [1.29, 1.82) is 0 Å². The summed E-state index contributed by atoms with van der Waals surface area (Å²) in [4.78, 5) is 25.5. The van der Waals surface area contributed by atoms with Crippen LogP contribution in [0.1, 0.15) is 38.3 Å². The van der Waals surface area contributed by atoms with E-state index in [0.717, 1.165) is 12.1 Å². The summed E-state index contributed by atoms with van der Waals surface area (Å²) in [6.45, 7) is 4.12. The van der Waals surface area contributed by atoms with Gasteiger partial charge in [-0.3, -0.25) is 14.3 Å². The second-order valence-corrected chi connectivity index (χ2v) is 5.55. The van der Waals surface area contributed by atoms with E-state index >= 15 is 0 Å². The number of piperidine rings is 1. The summed E-state index contributed by atoms with van der Waals surface area (Å²) in [5.74, 6) is -1.60. The second-order valence-electron chi connectivity index (χ2n) is 5.55. The summed E-state index contributed by atoms with van der Waals surface area (Å²) in [6, 6.07) is 1.92. The molecule has 1 saturated heterocycles. The highest BCUT2D eigenvalue weighted by atomic mass is 16.4. The number of aryl methyl sites for hydroxylation is 1. The number of carboxylic acid groups (broad SMARTS) is 1. The van der Waals surface area contributed by atoms with E-state index in [1.165, 1.54) is 0 Å². The van der Waals surface area contributed by atoms with Crippen LogP contribution in [0.25, 0.3) is 0 Å². The maximum Gasteiger partial charge on any atom is 0.308 e. The molecule has 3 atom stereocenters. The van der Waals surface area contributed by atoms with Gasteiger partial charge in [-0.2, -0.15) is 5.10 Å². The smallest absolute Gasteiger partial charge is 0.308 e. The molecule has 20 heavy (non-hydrogen) atoms. The molecule has 6 heteroatoms. The van der Waals surface area contributed by atoms with E-state index in [9.17, 15) is 9.59 Å². The van der Waals surface area contributed by atoms with Gasteiger partial charge in [-0.25, -0.2) is 0 Å². The molecule has 2 rings (SSSR count). The Balaban J connectivity index is 2.14. The number of carbonyl (C=O) groups is 2. The minimum atomic E-state index is -0.817. The van der Waals surface area contributed by atoms with Crippen molar-refractivity contribution in [2.45, 2.75) is 38.6 Å². The van der Waals surface area contributed by atoms with Crippen molar-refractivity contribution in [1.82, 2.24) is 14.7 Å². The first-order valence-electron chi connectivity index (χ1n) is 6.93. The molecule has 3 unspecified atom stereocenters. The van der Waals surface area contributed by atoms with Gasteiger partial charge >= 0.3 is 5.97 Å². The van der Waals surface area contributed by atoms with Crippen LogP contribution in [0.4, 0.5) is 0 Å². The van der Waals surface area contributed by atoms with Crippen LogP contribution < -0.4 is 0 Å². The van der Waals surface area contributed by atoms with E-state index in [4.69, 9.17) is 5.11 Å². The molecule has 0 spiro atoms. The zero-order valence-electron chi connectivity index (χ0n) is 12.1. The van der Waals surface area contributed by atoms with Crippen molar-refractivity contribution in [2.75, 3.05) is 6.54 Å². The number of amides is 1. The van der Waals surface area contributed by atoms with Crippen molar-refractivity contribution in [3.05, 3.63) is 18.0 Å². The van der Waals surface area contributed by atoms with Crippen LogP contribution in [0.5, 0.6) is 0 Å². The number of carboxylic acids is 1. The molecule has 1 aromatic heterocycles. The van der Waals surface area contributed by atoms with Crippen LogP contribution >= 0.6 is 0 Å². The summed E-state index contributed by atoms with van der Waals surface area (Å²) in [5.41, 5.74) is 0.847. The Morgan fingerprint density at radius 1 is 1.45 bits per heavy atom. The lowest BCUT2D eigenvalue weighted by molar-refractivity contribution is -0.147. The normalized spacial score (nSPS) is 24.4.